The van der Waals surface area contributed by atoms with E-state index in [0.29, 0.717) is 17.2 Å². The van der Waals surface area contributed by atoms with Crippen LogP contribution in [0.2, 0.25) is 5.02 Å². The van der Waals surface area contributed by atoms with E-state index in [0.717, 1.165) is 0 Å². The van der Waals surface area contributed by atoms with E-state index in [4.69, 9.17) is 11.6 Å². The predicted octanol–water partition coefficient (Wildman–Crippen LogP) is 3.99. The average Bonchev–Trinajstić information content (AvgIpc) is 2.34. The van der Waals surface area contributed by atoms with E-state index >= 15 is 0 Å². The lowest BCUT2D eigenvalue weighted by Gasteiger charge is -2.04. The molecule has 0 aliphatic carbocycles. The third-order valence-corrected chi connectivity index (χ3v) is 2.61. The van der Waals surface area contributed by atoms with Crippen LogP contribution in [-0.2, 0) is 0 Å². The van der Waals surface area contributed by atoms with Crippen LogP contribution in [0.3, 0.4) is 0 Å². The van der Waals surface area contributed by atoms with E-state index < -0.39 is 28.8 Å². The number of benzene rings is 2. The van der Waals surface area contributed by atoms with Gasteiger partial charge in [0.1, 0.15) is 5.82 Å². The van der Waals surface area contributed by atoms with E-state index in [1.54, 1.807) is 0 Å². The number of carbonyl (C=O) groups is 1. The van der Waals surface area contributed by atoms with E-state index in [1.807, 2.05) is 0 Å². The summed E-state index contributed by atoms with van der Waals surface area (Å²) >= 11 is 5.64. The maximum Gasteiger partial charge on any atom is 0.196 e. The molecule has 2 aromatic rings. The summed E-state index contributed by atoms with van der Waals surface area (Å²) in [5.41, 5.74) is -0.375. The first kappa shape index (κ1) is 12.6. The third kappa shape index (κ3) is 2.38. The van der Waals surface area contributed by atoms with Crippen LogP contribution in [0.5, 0.6) is 0 Å². The first-order chi connectivity index (χ1) is 8.49. The van der Waals surface area contributed by atoms with Gasteiger partial charge in [-0.3, -0.25) is 4.79 Å². The van der Waals surface area contributed by atoms with E-state index in [2.05, 4.69) is 0 Å². The van der Waals surface area contributed by atoms with Crippen molar-refractivity contribution in [1.82, 2.24) is 0 Å². The summed E-state index contributed by atoms with van der Waals surface area (Å²) in [5, 5.41) is 0.414. The Morgan fingerprint density at radius 3 is 2.06 bits per heavy atom. The zero-order chi connectivity index (χ0) is 13.3. The highest BCUT2D eigenvalue weighted by Crippen LogP contribution is 2.18. The van der Waals surface area contributed by atoms with Crippen molar-refractivity contribution in [3.05, 3.63) is 70.0 Å². The smallest absolute Gasteiger partial charge is 0.196 e. The Morgan fingerprint density at radius 1 is 0.889 bits per heavy atom. The molecular weight excluding hydrogens is 265 g/mol. The Hall–Kier alpha value is -1.81. The zero-order valence-corrected chi connectivity index (χ0v) is 9.64. The second-order valence-corrected chi connectivity index (χ2v) is 4.02. The standard InChI is InChI=1S/C13H6ClF3O/c14-8-3-1-7(2-4-8)13(18)9-5-11(16)12(17)6-10(9)15/h1-6H. The van der Waals surface area contributed by atoms with Crippen molar-refractivity contribution in [3.8, 4) is 0 Å². The topological polar surface area (TPSA) is 17.1 Å². The molecule has 2 rings (SSSR count). The van der Waals surface area contributed by atoms with Gasteiger partial charge in [-0.15, -0.1) is 0 Å². The van der Waals surface area contributed by atoms with Crippen LogP contribution in [0, 0.1) is 17.5 Å². The molecule has 18 heavy (non-hydrogen) atoms. The SMILES string of the molecule is O=C(c1ccc(Cl)cc1)c1cc(F)c(F)cc1F. The quantitative estimate of drug-likeness (QED) is 0.596. The molecule has 0 N–H and O–H groups in total. The highest BCUT2D eigenvalue weighted by Gasteiger charge is 2.17. The van der Waals surface area contributed by atoms with E-state index in [1.165, 1.54) is 24.3 Å². The van der Waals surface area contributed by atoms with Crippen LogP contribution >= 0.6 is 11.6 Å². The highest BCUT2D eigenvalue weighted by atomic mass is 35.5. The molecule has 0 aromatic heterocycles. The summed E-state index contributed by atoms with van der Waals surface area (Å²) in [4.78, 5) is 11.9. The van der Waals surface area contributed by atoms with Crippen molar-refractivity contribution < 1.29 is 18.0 Å². The Labute approximate surface area is 106 Å². The van der Waals surface area contributed by atoms with Crippen LogP contribution in [0.15, 0.2) is 36.4 Å². The molecule has 1 nitrogen and oxygen atoms in total. The average molecular weight is 271 g/mol. The number of hydrogen-bond acceptors (Lipinski definition) is 1. The first-order valence-electron chi connectivity index (χ1n) is 4.94. The number of halogens is 4. The van der Waals surface area contributed by atoms with E-state index in [9.17, 15) is 18.0 Å². The lowest BCUT2D eigenvalue weighted by atomic mass is 10.0. The fraction of sp³-hybridized carbons (Fsp3) is 0. The first-order valence-corrected chi connectivity index (χ1v) is 5.31. The van der Waals surface area contributed by atoms with Gasteiger partial charge in [0.2, 0.25) is 0 Å². The second-order valence-electron chi connectivity index (χ2n) is 3.58. The van der Waals surface area contributed by atoms with Crippen molar-refractivity contribution in [3.63, 3.8) is 0 Å². The lowest BCUT2D eigenvalue weighted by Crippen LogP contribution is -2.06. The molecule has 92 valence electrons. The molecule has 2 aromatic carbocycles. The molecule has 0 unspecified atom stereocenters. The van der Waals surface area contributed by atoms with Crippen molar-refractivity contribution in [2.45, 2.75) is 0 Å². The van der Waals surface area contributed by atoms with Gasteiger partial charge in [-0.1, -0.05) is 11.6 Å². The summed E-state index contributed by atoms with van der Waals surface area (Å²) < 4.78 is 39.1. The van der Waals surface area contributed by atoms with Gasteiger partial charge in [-0.2, -0.15) is 0 Å². The molecule has 0 radical (unpaired) electrons. The second kappa shape index (κ2) is 4.82. The summed E-state index contributed by atoms with van der Waals surface area (Å²) in [7, 11) is 0. The van der Waals surface area contributed by atoms with Gasteiger partial charge in [0.25, 0.3) is 0 Å². The van der Waals surface area contributed by atoms with Crippen molar-refractivity contribution in [1.29, 1.82) is 0 Å². The van der Waals surface area contributed by atoms with Crippen LogP contribution in [-0.4, -0.2) is 5.78 Å². The Balaban J connectivity index is 2.46. The van der Waals surface area contributed by atoms with Crippen LogP contribution in [0.4, 0.5) is 13.2 Å². The van der Waals surface area contributed by atoms with Gasteiger partial charge >= 0.3 is 0 Å². The normalized spacial score (nSPS) is 10.4. The summed E-state index contributed by atoms with van der Waals surface area (Å²) in [6.45, 7) is 0. The molecule has 0 amide bonds. The number of hydrogen-bond donors (Lipinski definition) is 0. The van der Waals surface area contributed by atoms with Crippen molar-refractivity contribution in [2.24, 2.45) is 0 Å². The number of rotatable bonds is 2. The molecule has 0 bridgehead atoms. The fourth-order valence-corrected chi connectivity index (χ4v) is 1.58. The van der Waals surface area contributed by atoms with Gasteiger partial charge in [0.15, 0.2) is 17.4 Å². The molecule has 0 aliphatic heterocycles. The predicted molar refractivity (Wildman–Crippen MR) is 61.2 cm³/mol. The maximum atomic E-state index is 13.4. The minimum atomic E-state index is -1.33. The molecule has 0 aliphatic rings. The number of ketones is 1. The number of carbonyl (C=O) groups excluding carboxylic acids is 1. The fourth-order valence-electron chi connectivity index (χ4n) is 1.45. The largest absolute Gasteiger partial charge is 0.288 e. The molecule has 0 heterocycles. The monoisotopic (exact) mass is 270 g/mol. The van der Waals surface area contributed by atoms with Crippen molar-refractivity contribution in [2.75, 3.05) is 0 Å². The minimum absolute atomic E-state index is 0.143. The molecule has 0 fully saturated rings. The molecule has 0 atom stereocenters. The van der Waals surface area contributed by atoms with Gasteiger partial charge in [-0.05, 0) is 30.3 Å². The van der Waals surface area contributed by atoms with Crippen LogP contribution in [0.1, 0.15) is 15.9 Å². The van der Waals surface area contributed by atoms with E-state index in [-0.39, 0.29) is 5.56 Å². The van der Waals surface area contributed by atoms with Crippen LogP contribution < -0.4 is 0 Å². The molecule has 5 heteroatoms. The Bertz CT molecular complexity index is 608. The van der Waals surface area contributed by atoms with Crippen LogP contribution in [0.25, 0.3) is 0 Å². The minimum Gasteiger partial charge on any atom is -0.288 e. The molecule has 0 saturated heterocycles. The molecule has 0 spiro atoms. The summed E-state index contributed by atoms with van der Waals surface area (Å²) in [5.74, 6) is -4.44. The third-order valence-electron chi connectivity index (χ3n) is 2.36. The Morgan fingerprint density at radius 2 is 1.44 bits per heavy atom. The van der Waals surface area contributed by atoms with Gasteiger partial charge in [0, 0.05) is 16.7 Å². The maximum absolute atomic E-state index is 13.4. The van der Waals surface area contributed by atoms with Gasteiger partial charge < -0.3 is 0 Å². The van der Waals surface area contributed by atoms with Gasteiger partial charge in [-0.25, -0.2) is 13.2 Å². The summed E-state index contributed by atoms with van der Waals surface area (Å²) in [6, 6.07) is 6.55. The van der Waals surface area contributed by atoms with Crippen molar-refractivity contribution >= 4 is 17.4 Å². The van der Waals surface area contributed by atoms with Gasteiger partial charge in [0.05, 0.1) is 5.56 Å². The Kier molecular flexibility index (Phi) is 3.39. The molecular formula is C13H6ClF3O. The highest BCUT2D eigenvalue weighted by molar-refractivity contribution is 6.30. The molecule has 0 saturated carbocycles. The zero-order valence-electron chi connectivity index (χ0n) is 8.88. The lowest BCUT2D eigenvalue weighted by molar-refractivity contribution is 0.103. The summed E-state index contributed by atoms with van der Waals surface area (Å²) in [6.07, 6.45) is 0.